The number of amides is 1. The van der Waals surface area contributed by atoms with Crippen molar-refractivity contribution in [2.24, 2.45) is 0 Å². The van der Waals surface area contributed by atoms with Crippen LogP contribution in [0.5, 0.6) is 0 Å². The maximum absolute atomic E-state index is 11.3. The van der Waals surface area contributed by atoms with Crippen molar-refractivity contribution in [2.75, 3.05) is 5.32 Å². The summed E-state index contributed by atoms with van der Waals surface area (Å²) in [6.07, 6.45) is 1.94. The van der Waals surface area contributed by atoms with Gasteiger partial charge in [-0.25, -0.2) is 0 Å². The third-order valence-corrected chi connectivity index (χ3v) is 3.11. The lowest BCUT2D eigenvalue weighted by atomic mass is 9.94. The van der Waals surface area contributed by atoms with Gasteiger partial charge in [-0.1, -0.05) is 12.1 Å². The molecule has 0 bridgehead atoms. The highest BCUT2D eigenvalue weighted by Gasteiger charge is 2.21. The lowest BCUT2D eigenvalue weighted by Crippen LogP contribution is -2.03. The molecule has 0 fully saturated rings. The summed E-state index contributed by atoms with van der Waals surface area (Å²) in [5.74, 6) is -0.477. The standard InChI is InChI=1S/C14H10N4O/c15-8-11(13-2-1-5-16-18-13)9-3-4-12-10(6-9)7-14(19)17-12/h1-6,11H,7H2,(H,17,19). The molecule has 0 radical (unpaired) electrons. The Labute approximate surface area is 109 Å². The molecule has 2 heterocycles. The topological polar surface area (TPSA) is 78.7 Å². The summed E-state index contributed by atoms with van der Waals surface area (Å²) in [5, 5.41) is 19.9. The lowest BCUT2D eigenvalue weighted by molar-refractivity contribution is -0.115. The molecule has 0 saturated carbocycles. The van der Waals surface area contributed by atoms with Gasteiger partial charge in [0, 0.05) is 11.9 Å². The molecule has 1 aliphatic heterocycles. The smallest absolute Gasteiger partial charge is 0.228 e. The van der Waals surface area contributed by atoms with Gasteiger partial charge in [-0.05, 0) is 29.3 Å². The van der Waals surface area contributed by atoms with Crippen LogP contribution in [0.15, 0.2) is 36.5 Å². The number of aromatic nitrogens is 2. The van der Waals surface area contributed by atoms with E-state index in [2.05, 4.69) is 21.6 Å². The molecule has 0 saturated heterocycles. The molecular weight excluding hydrogens is 240 g/mol. The van der Waals surface area contributed by atoms with E-state index in [0.717, 1.165) is 16.8 Å². The van der Waals surface area contributed by atoms with Crippen LogP contribution >= 0.6 is 0 Å². The zero-order chi connectivity index (χ0) is 13.2. The number of carbonyl (C=O) groups is 1. The molecule has 0 spiro atoms. The summed E-state index contributed by atoms with van der Waals surface area (Å²) in [4.78, 5) is 11.3. The average molecular weight is 250 g/mol. The van der Waals surface area contributed by atoms with Gasteiger partial charge in [0.15, 0.2) is 0 Å². The third-order valence-electron chi connectivity index (χ3n) is 3.11. The molecule has 3 rings (SSSR count). The number of nitriles is 1. The van der Waals surface area contributed by atoms with E-state index in [0.29, 0.717) is 12.1 Å². The van der Waals surface area contributed by atoms with Gasteiger partial charge in [0.25, 0.3) is 0 Å². The van der Waals surface area contributed by atoms with Crippen molar-refractivity contribution in [1.29, 1.82) is 5.26 Å². The first-order valence-electron chi connectivity index (χ1n) is 5.88. The van der Waals surface area contributed by atoms with Crippen LogP contribution in [-0.2, 0) is 11.2 Å². The van der Waals surface area contributed by atoms with Crippen molar-refractivity contribution in [3.63, 3.8) is 0 Å². The molecule has 1 aromatic heterocycles. The Hall–Kier alpha value is -2.74. The Morgan fingerprint density at radius 1 is 1.37 bits per heavy atom. The van der Waals surface area contributed by atoms with Gasteiger partial charge in [0.1, 0.15) is 5.92 Å². The Bertz CT molecular complexity index is 676. The van der Waals surface area contributed by atoms with E-state index in [9.17, 15) is 10.1 Å². The van der Waals surface area contributed by atoms with E-state index in [1.54, 1.807) is 18.3 Å². The summed E-state index contributed by atoms with van der Waals surface area (Å²) in [5.41, 5.74) is 3.19. The first-order valence-corrected chi connectivity index (χ1v) is 5.88. The van der Waals surface area contributed by atoms with Crippen LogP contribution in [-0.4, -0.2) is 16.1 Å². The van der Waals surface area contributed by atoms with Crippen molar-refractivity contribution in [3.8, 4) is 6.07 Å². The van der Waals surface area contributed by atoms with Crippen LogP contribution in [0, 0.1) is 11.3 Å². The summed E-state index contributed by atoms with van der Waals surface area (Å²) in [6.45, 7) is 0. The second kappa shape index (κ2) is 4.50. The minimum Gasteiger partial charge on any atom is -0.326 e. The number of carbonyl (C=O) groups excluding carboxylic acids is 1. The van der Waals surface area contributed by atoms with Crippen LogP contribution in [0.2, 0.25) is 0 Å². The van der Waals surface area contributed by atoms with Crippen LogP contribution in [0.4, 0.5) is 5.69 Å². The van der Waals surface area contributed by atoms with Gasteiger partial charge in [0.2, 0.25) is 5.91 Å². The van der Waals surface area contributed by atoms with Crippen LogP contribution in [0.25, 0.3) is 0 Å². The normalized spacial score (nSPS) is 14.4. The zero-order valence-electron chi connectivity index (χ0n) is 10.00. The fourth-order valence-corrected chi connectivity index (χ4v) is 2.21. The van der Waals surface area contributed by atoms with Crippen LogP contribution in [0.1, 0.15) is 22.7 Å². The molecule has 5 nitrogen and oxygen atoms in total. The van der Waals surface area contributed by atoms with E-state index in [1.165, 1.54) is 0 Å². The van der Waals surface area contributed by atoms with Crippen LogP contribution in [0.3, 0.4) is 0 Å². The highest BCUT2D eigenvalue weighted by molar-refractivity contribution is 5.99. The van der Waals surface area contributed by atoms with Gasteiger partial charge in [-0.2, -0.15) is 15.5 Å². The van der Waals surface area contributed by atoms with Gasteiger partial charge in [0.05, 0.1) is 18.2 Å². The quantitative estimate of drug-likeness (QED) is 0.878. The Morgan fingerprint density at radius 3 is 3.00 bits per heavy atom. The van der Waals surface area contributed by atoms with E-state index < -0.39 is 5.92 Å². The molecular formula is C14H10N4O. The molecule has 1 aromatic carbocycles. The van der Waals surface area contributed by atoms with E-state index in [4.69, 9.17) is 0 Å². The Morgan fingerprint density at radius 2 is 2.26 bits per heavy atom. The summed E-state index contributed by atoms with van der Waals surface area (Å²) in [7, 11) is 0. The number of hydrogen-bond acceptors (Lipinski definition) is 4. The predicted molar refractivity (Wildman–Crippen MR) is 68.3 cm³/mol. The highest BCUT2D eigenvalue weighted by Crippen LogP contribution is 2.29. The maximum Gasteiger partial charge on any atom is 0.228 e. The number of rotatable bonds is 2. The number of nitrogens with zero attached hydrogens (tertiary/aromatic N) is 3. The first-order chi connectivity index (χ1) is 9.28. The molecule has 1 amide bonds. The molecule has 0 aliphatic carbocycles. The number of hydrogen-bond donors (Lipinski definition) is 1. The number of benzene rings is 1. The first kappa shape index (κ1) is 11.4. The van der Waals surface area contributed by atoms with Crippen molar-refractivity contribution < 1.29 is 4.79 Å². The average Bonchev–Trinajstić information content (AvgIpc) is 2.80. The molecule has 1 atom stereocenters. The molecule has 1 unspecified atom stereocenters. The number of anilines is 1. The lowest BCUT2D eigenvalue weighted by Gasteiger charge is -2.09. The maximum atomic E-state index is 11.3. The van der Waals surface area contributed by atoms with Crippen molar-refractivity contribution in [2.45, 2.75) is 12.3 Å². The van der Waals surface area contributed by atoms with Crippen molar-refractivity contribution in [1.82, 2.24) is 10.2 Å². The Balaban J connectivity index is 2.00. The molecule has 1 N–H and O–H groups in total. The monoisotopic (exact) mass is 250 g/mol. The van der Waals surface area contributed by atoms with Gasteiger partial charge < -0.3 is 5.32 Å². The van der Waals surface area contributed by atoms with Crippen molar-refractivity contribution in [3.05, 3.63) is 53.3 Å². The minimum absolute atomic E-state index is 0.0137. The van der Waals surface area contributed by atoms with Gasteiger partial charge >= 0.3 is 0 Å². The third kappa shape index (κ3) is 2.04. The Kier molecular flexibility index (Phi) is 2.69. The zero-order valence-corrected chi connectivity index (χ0v) is 10.00. The van der Waals surface area contributed by atoms with Gasteiger partial charge in [-0.3, -0.25) is 4.79 Å². The number of nitrogens with one attached hydrogen (secondary N) is 1. The highest BCUT2D eigenvalue weighted by atomic mass is 16.1. The molecule has 2 aromatic rings. The van der Waals surface area contributed by atoms with Crippen LogP contribution < -0.4 is 5.32 Å². The van der Waals surface area contributed by atoms with Crippen molar-refractivity contribution >= 4 is 11.6 Å². The summed E-state index contributed by atoms with van der Waals surface area (Å²) >= 11 is 0. The summed E-state index contributed by atoms with van der Waals surface area (Å²) < 4.78 is 0. The van der Waals surface area contributed by atoms with Gasteiger partial charge in [-0.15, -0.1) is 0 Å². The predicted octanol–water partition coefficient (Wildman–Crippen LogP) is 1.63. The molecule has 5 heteroatoms. The fraction of sp³-hybridized carbons (Fsp3) is 0.143. The second-order valence-electron chi connectivity index (χ2n) is 4.35. The minimum atomic E-state index is -0.463. The molecule has 19 heavy (non-hydrogen) atoms. The fourth-order valence-electron chi connectivity index (χ4n) is 2.21. The largest absolute Gasteiger partial charge is 0.326 e. The van der Waals surface area contributed by atoms with E-state index >= 15 is 0 Å². The molecule has 1 aliphatic rings. The van der Waals surface area contributed by atoms with E-state index in [1.807, 2.05) is 18.2 Å². The number of fused-ring (bicyclic) bond motifs is 1. The second-order valence-corrected chi connectivity index (χ2v) is 4.35. The molecule has 92 valence electrons. The van der Waals surface area contributed by atoms with E-state index in [-0.39, 0.29) is 5.91 Å². The SMILES string of the molecule is N#CC(c1ccc2c(c1)CC(=O)N2)c1cccnn1. The summed E-state index contributed by atoms with van der Waals surface area (Å²) in [6, 6.07) is 11.3.